The lowest BCUT2D eigenvalue weighted by atomic mass is 10.2. The summed E-state index contributed by atoms with van der Waals surface area (Å²) in [6, 6.07) is 11.3. The Morgan fingerprint density at radius 1 is 1.09 bits per heavy atom. The largest absolute Gasteiger partial charge is 0.351 e. The summed E-state index contributed by atoms with van der Waals surface area (Å²) < 4.78 is 13.4. The zero-order chi connectivity index (χ0) is 16.8. The molecule has 0 spiro atoms. The van der Waals surface area contributed by atoms with E-state index in [0.29, 0.717) is 16.3 Å². The first kappa shape index (κ1) is 17.0. The molecule has 0 unspecified atom stereocenters. The third-order valence-electron chi connectivity index (χ3n) is 3.30. The highest BCUT2D eigenvalue weighted by Crippen LogP contribution is 2.22. The van der Waals surface area contributed by atoms with Gasteiger partial charge in [-0.2, -0.15) is 0 Å². The van der Waals surface area contributed by atoms with E-state index in [9.17, 15) is 14.0 Å². The molecule has 2 N–H and O–H groups in total. The first-order chi connectivity index (χ1) is 11.0. The van der Waals surface area contributed by atoms with Crippen molar-refractivity contribution in [1.82, 2.24) is 5.32 Å². The number of nitrogens with one attached hydrogen (secondary N) is 2. The third kappa shape index (κ3) is 4.79. The molecule has 0 saturated heterocycles. The minimum Gasteiger partial charge on any atom is -0.351 e. The molecule has 0 bridgehead atoms. The molecule has 0 radical (unpaired) electrons. The predicted molar refractivity (Wildman–Crippen MR) is 87.7 cm³/mol. The fourth-order valence-electron chi connectivity index (χ4n) is 1.98. The molecule has 0 heterocycles. The van der Waals surface area contributed by atoms with Gasteiger partial charge in [0.25, 0.3) is 0 Å². The van der Waals surface area contributed by atoms with Gasteiger partial charge in [0.1, 0.15) is 12.2 Å². The molecular formula is C17H16ClFN2O2. The molecule has 2 amide bonds. The minimum absolute atomic E-state index is 0.0367. The van der Waals surface area contributed by atoms with Crippen LogP contribution in [0.15, 0.2) is 42.5 Å². The molecule has 120 valence electrons. The van der Waals surface area contributed by atoms with E-state index in [-0.39, 0.29) is 13.0 Å². The Labute approximate surface area is 138 Å². The first-order valence-electron chi connectivity index (χ1n) is 7.02. The number of carbonyl (C=O) groups is 2. The SMILES string of the molecule is Cc1c(Cl)cccc1NC(=O)CC(=O)NCc1ccccc1F. The molecule has 0 fully saturated rings. The Balaban J connectivity index is 1.86. The topological polar surface area (TPSA) is 58.2 Å². The van der Waals surface area contributed by atoms with Gasteiger partial charge in [0.2, 0.25) is 11.8 Å². The van der Waals surface area contributed by atoms with Crippen LogP contribution in [0.5, 0.6) is 0 Å². The minimum atomic E-state index is -0.481. The maximum Gasteiger partial charge on any atom is 0.233 e. The predicted octanol–water partition coefficient (Wildman–Crippen LogP) is 3.43. The maximum atomic E-state index is 13.4. The summed E-state index contributed by atoms with van der Waals surface area (Å²) in [5.41, 5.74) is 1.66. The first-order valence-corrected chi connectivity index (χ1v) is 7.40. The van der Waals surface area contributed by atoms with Crippen molar-refractivity contribution in [3.8, 4) is 0 Å². The lowest BCUT2D eigenvalue weighted by Crippen LogP contribution is -2.28. The van der Waals surface area contributed by atoms with Crippen molar-refractivity contribution < 1.29 is 14.0 Å². The summed E-state index contributed by atoms with van der Waals surface area (Å²) in [5, 5.41) is 5.68. The Kier molecular flexibility index (Phi) is 5.71. The van der Waals surface area contributed by atoms with E-state index in [1.807, 2.05) is 0 Å². The smallest absolute Gasteiger partial charge is 0.233 e. The van der Waals surface area contributed by atoms with Crippen LogP contribution in [0.3, 0.4) is 0 Å². The van der Waals surface area contributed by atoms with Crippen molar-refractivity contribution in [2.24, 2.45) is 0 Å². The fraction of sp³-hybridized carbons (Fsp3) is 0.176. The van der Waals surface area contributed by atoms with E-state index in [2.05, 4.69) is 10.6 Å². The van der Waals surface area contributed by atoms with Crippen LogP contribution >= 0.6 is 11.6 Å². The zero-order valence-electron chi connectivity index (χ0n) is 12.5. The number of amides is 2. The van der Waals surface area contributed by atoms with Crippen LogP contribution < -0.4 is 10.6 Å². The summed E-state index contributed by atoms with van der Waals surface area (Å²) in [6.45, 7) is 1.81. The van der Waals surface area contributed by atoms with Crippen molar-refractivity contribution in [3.63, 3.8) is 0 Å². The number of rotatable bonds is 5. The molecule has 0 aliphatic rings. The number of hydrogen-bond acceptors (Lipinski definition) is 2. The van der Waals surface area contributed by atoms with Crippen molar-refractivity contribution in [2.45, 2.75) is 19.9 Å². The number of hydrogen-bond donors (Lipinski definition) is 2. The molecule has 0 aromatic heterocycles. The number of halogens is 2. The molecule has 4 nitrogen and oxygen atoms in total. The number of anilines is 1. The molecule has 2 rings (SSSR count). The Morgan fingerprint density at radius 2 is 1.83 bits per heavy atom. The highest BCUT2D eigenvalue weighted by molar-refractivity contribution is 6.31. The van der Waals surface area contributed by atoms with Gasteiger partial charge >= 0.3 is 0 Å². The van der Waals surface area contributed by atoms with E-state index in [1.165, 1.54) is 6.07 Å². The maximum absolute atomic E-state index is 13.4. The molecule has 23 heavy (non-hydrogen) atoms. The van der Waals surface area contributed by atoms with Gasteiger partial charge in [-0.3, -0.25) is 9.59 Å². The molecular weight excluding hydrogens is 319 g/mol. The van der Waals surface area contributed by atoms with Crippen LogP contribution in [0.2, 0.25) is 5.02 Å². The van der Waals surface area contributed by atoms with E-state index < -0.39 is 17.6 Å². The molecule has 0 atom stereocenters. The highest BCUT2D eigenvalue weighted by Gasteiger charge is 2.12. The second-order valence-electron chi connectivity index (χ2n) is 5.01. The monoisotopic (exact) mass is 334 g/mol. The van der Waals surface area contributed by atoms with Crippen LogP contribution in [0.1, 0.15) is 17.5 Å². The van der Waals surface area contributed by atoms with Gasteiger partial charge in [0, 0.05) is 22.8 Å². The number of benzene rings is 2. The fourth-order valence-corrected chi connectivity index (χ4v) is 2.16. The van der Waals surface area contributed by atoms with Crippen molar-refractivity contribution in [2.75, 3.05) is 5.32 Å². The van der Waals surface area contributed by atoms with Gasteiger partial charge in [0.15, 0.2) is 0 Å². The quantitative estimate of drug-likeness (QED) is 0.823. The van der Waals surface area contributed by atoms with Gasteiger partial charge in [-0.05, 0) is 30.7 Å². The highest BCUT2D eigenvalue weighted by atomic mass is 35.5. The standard InChI is InChI=1S/C17H16ClFN2O2/c1-11-13(18)6-4-8-15(11)21-17(23)9-16(22)20-10-12-5-2-3-7-14(12)19/h2-8H,9-10H2,1H3,(H,20,22)(H,21,23). The van der Waals surface area contributed by atoms with Crippen LogP contribution in [-0.4, -0.2) is 11.8 Å². The summed E-state index contributed by atoms with van der Waals surface area (Å²) in [7, 11) is 0. The molecule has 0 saturated carbocycles. The summed E-state index contributed by atoms with van der Waals surface area (Å²) in [5.74, 6) is -1.33. The Hall–Kier alpha value is -2.40. The van der Waals surface area contributed by atoms with Crippen molar-refractivity contribution >= 4 is 29.1 Å². The molecule has 0 aliphatic carbocycles. The normalized spacial score (nSPS) is 10.2. The lowest BCUT2D eigenvalue weighted by molar-refractivity contribution is -0.126. The molecule has 6 heteroatoms. The average molecular weight is 335 g/mol. The molecule has 2 aromatic carbocycles. The van der Waals surface area contributed by atoms with Gasteiger partial charge in [0.05, 0.1) is 0 Å². The lowest BCUT2D eigenvalue weighted by Gasteiger charge is -2.10. The second kappa shape index (κ2) is 7.74. The van der Waals surface area contributed by atoms with E-state index in [0.717, 1.165) is 5.56 Å². The van der Waals surface area contributed by atoms with Crippen LogP contribution in [0, 0.1) is 12.7 Å². The number of carbonyl (C=O) groups excluding carboxylic acids is 2. The summed E-state index contributed by atoms with van der Waals surface area (Å²) in [6.07, 6.45) is -0.347. The third-order valence-corrected chi connectivity index (χ3v) is 3.71. The van der Waals surface area contributed by atoms with Crippen molar-refractivity contribution in [3.05, 3.63) is 64.4 Å². The van der Waals surface area contributed by atoms with Gasteiger partial charge in [-0.1, -0.05) is 35.9 Å². The van der Waals surface area contributed by atoms with Crippen LogP contribution in [0.4, 0.5) is 10.1 Å². The summed E-state index contributed by atoms with van der Waals surface area (Å²) >= 11 is 5.97. The Bertz CT molecular complexity index is 734. The summed E-state index contributed by atoms with van der Waals surface area (Å²) in [4.78, 5) is 23.6. The van der Waals surface area contributed by atoms with Crippen LogP contribution in [-0.2, 0) is 16.1 Å². The van der Waals surface area contributed by atoms with E-state index in [1.54, 1.807) is 43.3 Å². The van der Waals surface area contributed by atoms with E-state index >= 15 is 0 Å². The molecule has 0 aliphatic heterocycles. The average Bonchev–Trinajstić information content (AvgIpc) is 2.51. The van der Waals surface area contributed by atoms with Gasteiger partial charge in [-0.15, -0.1) is 0 Å². The van der Waals surface area contributed by atoms with Gasteiger partial charge in [-0.25, -0.2) is 4.39 Å². The second-order valence-corrected chi connectivity index (χ2v) is 5.41. The zero-order valence-corrected chi connectivity index (χ0v) is 13.3. The van der Waals surface area contributed by atoms with Crippen molar-refractivity contribution in [1.29, 1.82) is 0 Å². The van der Waals surface area contributed by atoms with Crippen LogP contribution in [0.25, 0.3) is 0 Å². The van der Waals surface area contributed by atoms with E-state index in [4.69, 9.17) is 11.6 Å². The Morgan fingerprint density at radius 3 is 2.57 bits per heavy atom. The molecule has 2 aromatic rings. The van der Waals surface area contributed by atoms with Gasteiger partial charge < -0.3 is 10.6 Å².